The van der Waals surface area contributed by atoms with Gasteiger partial charge in [-0.25, -0.2) is 9.37 Å². The number of ether oxygens (including phenoxy) is 1. The number of rotatable bonds is 13. The molecule has 2 N–H and O–H groups in total. The summed E-state index contributed by atoms with van der Waals surface area (Å²) in [6, 6.07) is 3.43. The van der Waals surface area contributed by atoms with Crippen LogP contribution in [-0.2, 0) is 19.1 Å². The van der Waals surface area contributed by atoms with Crippen molar-refractivity contribution in [3.63, 3.8) is 0 Å². The van der Waals surface area contributed by atoms with Crippen molar-refractivity contribution in [2.75, 3.05) is 13.2 Å². The Morgan fingerprint density at radius 2 is 1.92 bits per heavy atom. The molecule has 0 radical (unpaired) electrons. The Bertz CT molecular complexity index is 1200. The Hall–Kier alpha value is -3.38. The fourth-order valence-electron chi connectivity index (χ4n) is 5.25. The number of hydrogen-bond acceptors (Lipinski definition) is 8. The lowest BCUT2D eigenvalue weighted by molar-refractivity contribution is -0.144. The molecule has 1 aliphatic heterocycles. The average molecular weight is 541 g/mol. The number of imidazole rings is 1. The normalized spacial score (nSPS) is 18.5. The summed E-state index contributed by atoms with van der Waals surface area (Å²) in [5, 5.41) is 19.4. The minimum Gasteiger partial charge on any atom is -0.466 e. The van der Waals surface area contributed by atoms with Crippen LogP contribution in [0.4, 0.5) is 4.39 Å². The van der Waals surface area contributed by atoms with Crippen molar-refractivity contribution in [2.24, 2.45) is 11.8 Å². The zero-order valence-electron chi connectivity index (χ0n) is 21.9. The Morgan fingerprint density at radius 3 is 2.54 bits per heavy atom. The van der Waals surface area contributed by atoms with E-state index in [4.69, 9.17) is 4.74 Å². The van der Waals surface area contributed by atoms with Gasteiger partial charge in [-0.05, 0) is 56.7 Å². The van der Waals surface area contributed by atoms with Gasteiger partial charge in [-0.3, -0.25) is 19.2 Å². The van der Waals surface area contributed by atoms with E-state index in [1.165, 1.54) is 34.1 Å². The van der Waals surface area contributed by atoms with Crippen LogP contribution in [0.2, 0.25) is 5.82 Å². The van der Waals surface area contributed by atoms with E-state index in [2.05, 4.69) is 4.98 Å². The molecule has 2 aromatic rings. The van der Waals surface area contributed by atoms with Crippen LogP contribution in [-0.4, -0.2) is 74.3 Å². The molecule has 10 nitrogen and oxygen atoms in total. The number of aromatic nitrogens is 2. The highest BCUT2D eigenvalue weighted by atomic mass is 19.1. The number of ketones is 2. The first-order valence-electron chi connectivity index (χ1n) is 13.4. The van der Waals surface area contributed by atoms with Gasteiger partial charge in [-0.2, -0.15) is 0 Å². The van der Waals surface area contributed by atoms with Gasteiger partial charge in [0.15, 0.2) is 11.6 Å². The Labute approximate surface area is 226 Å². The fraction of sp³-hybridized carbons (Fsp3) is 0.519. The summed E-state index contributed by atoms with van der Waals surface area (Å²) in [6.45, 7) is 2.11. The largest absolute Gasteiger partial charge is 0.466 e. The van der Waals surface area contributed by atoms with Gasteiger partial charge < -0.3 is 24.3 Å². The number of likely N-dealkylation sites (tertiary alicyclic amines) is 1. The molecule has 208 valence electrons. The van der Waals surface area contributed by atoms with Crippen LogP contribution >= 0.6 is 0 Å². The van der Waals surface area contributed by atoms with Crippen LogP contribution in [0.25, 0.3) is 5.69 Å². The lowest BCUT2D eigenvalue weighted by Crippen LogP contribution is -2.45. The van der Waals surface area contributed by atoms with Crippen molar-refractivity contribution >= 4 is 30.6 Å². The highest BCUT2D eigenvalue weighted by Gasteiger charge is 2.44. The highest BCUT2D eigenvalue weighted by molar-refractivity contribution is 6.44. The molecule has 0 bridgehead atoms. The van der Waals surface area contributed by atoms with Gasteiger partial charge in [0, 0.05) is 55.5 Å². The lowest BCUT2D eigenvalue weighted by Gasteiger charge is -2.29. The van der Waals surface area contributed by atoms with Crippen molar-refractivity contribution in [1.29, 1.82) is 0 Å². The number of carbonyl (C=O) groups excluding carboxylic acids is 4. The zero-order chi connectivity index (χ0) is 28.1. The molecule has 1 aliphatic carbocycles. The van der Waals surface area contributed by atoms with Gasteiger partial charge in [0.2, 0.25) is 5.91 Å². The van der Waals surface area contributed by atoms with Gasteiger partial charge in [-0.15, -0.1) is 0 Å². The Balaban J connectivity index is 1.43. The third-order valence-electron chi connectivity index (χ3n) is 7.49. The first kappa shape index (κ1) is 28.6. The van der Waals surface area contributed by atoms with Crippen LogP contribution in [0.15, 0.2) is 36.9 Å². The summed E-state index contributed by atoms with van der Waals surface area (Å²) in [7, 11) is -1.89. The molecule has 2 fully saturated rings. The van der Waals surface area contributed by atoms with E-state index in [9.17, 15) is 33.6 Å². The summed E-state index contributed by atoms with van der Waals surface area (Å²) in [5.41, 5.74) is 0.425. The highest BCUT2D eigenvalue weighted by Crippen LogP contribution is 2.41. The molecule has 1 aromatic heterocycles. The summed E-state index contributed by atoms with van der Waals surface area (Å²) < 4.78 is 21.1. The maximum absolute atomic E-state index is 14.7. The van der Waals surface area contributed by atoms with E-state index in [1.807, 2.05) is 0 Å². The van der Waals surface area contributed by atoms with Crippen LogP contribution in [0.3, 0.4) is 0 Å². The van der Waals surface area contributed by atoms with E-state index in [0.717, 1.165) is 18.9 Å². The number of halogens is 1. The number of esters is 1. The topological polar surface area (TPSA) is 139 Å². The molecule has 0 spiro atoms. The van der Waals surface area contributed by atoms with E-state index in [1.54, 1.807) is 13.1 Å². The van der Waals surface area contributed by atoms with Crippen LogP contribution < -0.4 is 0 Å². The molecule has 2 aliphatic rings. The number of Topliss-reactive ketones (excluding diaryl/α,β-unsaturated/α-hetero) is 2. The predicted molar refractivity (Wildman–Crippen MR) is 138 cm³/mol. The van der Waals surface area contributed by atoms with Gasteiger partial charge >= 0.3 is 13.1 Å². The summed E-state index contributed by atoms with van der Waals surface area (Å²) in [6.07, 6.45) is 6.46. The van der Waals surface area contributed by atoms with Crippen LogP contribution in [0, 0.1) is 17.7 Å². The number of amides is 1. The van der Waals surface area contributed by atoms with Crippen LogP contribution in [0.1, 0.15) is 62.2 Å². The first-order chi connectivity index (χ1) is 18.7. The van der Waals surface area contributed by atoms with Crippen molar-refractivity contribution in [2.45, 2.75) is 63.7 Å². The van der Waals surface area contributed by atoms with E-state index >= 15 is 0 Å². The second-order valence-corrected chi connectivity index (χ2v) is 10.3. The van der Waals surface area contributed by atoms with E-state index < -0.39 is 36.7 Å². The smallest absolute Gasteiger partial charge is 0.455 e. The Kier molecular flexibility index (Phi) is 9.29. The molecule has 39 heavy (non-hydrogen) atoms. The zero-order valence-corrected chi connectivity index (χ0v) is 21.9. The molecular formula is C27H33BFN3O7. The molecule has 1 saturated heterocycles. The van der Waals surface area contributed by atoms with Gasteiger partial charge in [0.25, 0.3) is 0 Å². The van der Waals surface area contributed by atoms with Crippen LogP contribution in [0.5, 0.6) is 0 Å². The van der Waals surface area contributed by atoms with Gasteiger partial charge in [-0.1, -0.05) is 0 Å². The molecule has 3 atom stereocenters. The summed E-state index contributed by atoms with van der Waals surface area (Å²) >= 11 is 0. The summed E-state index contributed by atoms with van der Waals surface area (Å²) in [5.74, 6) is -3.87. The molecule has 4 rings (SSSR count). The maximum Gasteiger partial charge on any atom is 0.455 e. The number of nitrogens with zero attached hydrogens (tertiary/aromatic N) is 3. The van der Waals surface area contributed by atoms with E-state index in [-0.39, 0.29) is 60.5 Å². The minimum atomic E-state index is -1.89. The maximum atomic E-state index is 14.7. The molecule has 3 unspecified atom stereocenters. The lowest BCUT2D eigenvalue weighted by atomic mass is 9.67. The minimum absolute atomic E-state index is 0.0173. The third-order valence-corrected chi connectivity index (χ3v) is 7.49. The van der Waals surface area contributed by atoms with Crippen molar-refractivity contribution in [3.8, 4) is 5.69 Å². The monoisotopic (exact) mass is 541 g/mol. The number of hydrogen-bond donors (Lipinski definition) is 2. The molecule has 1 amide bonds. The van der Waals surface area contributed by atoms with Crippen molar-refractivity contribution < 1.29 is 38.4 Å². The fourth-order valence-corrected chi connectivity index (χ4v) is 5.25. The second-order valence-electron chi connectivity index (χ2n) is 10.3. The second kappa shape index (κ2) is 12.7. The van der Waals surface area contributed by atoms with Gasteiger partial charge in [0.05, 0.1) is 24.7 Å². The molecule has 1 saturated carbocycles. The predicted octanol–water partition coefficient (Wildman–Crippen LogP) is 2.36. The van der Waals surface area contributed by atoms with Crippen molar-refractivity contribution in [3.05, 3.63) is 48.3 Å². The molecule has 1 aromatic carbocycles. The standard InChI is InChI=1S/C27H33BFN3O7/c1-2-39-26(35)14-19(28(37)38)13-25(34)23-4-3-10-32(23)27(36)20(17-5-6-17)15-24(33)18-7-8-22(21(29)12-18)31-11-9-30-16-31/h7-9,11-12,16-17,19-20,23,37-38H,2-6,10,13-15H2,1H3. The summed E-state index contributed by atoms with van der Waals surface area (Å²) in [4.78, 5) is 57.1. The van der Waals surface area contributed by atoms with E-state index in [0.29, 0.717) is 19.4 Å². The number of benzene rings is 1. The average Bonchev–Trinajstić information content (AvgIpc) is 3.37. The van der Waals surface area contributed by atoms with Gasteiger partial charge in [0.1, 0.15) is 5.82 Å². The van der Waals surface area contributed by atoms with Crippen molar-refractivity contribution in [1.82, 2.24) is 14.5 Å². The third kappa shape index (κ3) is 6.99. The molecule has 2 heterocycles. The quantitative estimate of drug-likeness (QED) is 0.224. The SMILES string of the molecule is CCOC(=O)CC(CC(=O)C1CCCN1C(=O)C(CC(=O)c1ccc(-n2ccnc2)c(F)c1)C1CC1)B(O)O. The Morgan fingerprint density at radius 1 is 1.15 bits per heavy atom. The number of carbonyl (C=O) groups is 4. The molecular weight excluding hydrogens is 508 g/mol. The molecule has 12 heteroatoms. The first-order valence-corrected chi connectivity index (χ1v) is 13.4.